The topological polar surface area (TPSA) is 48.5 Å². The maximum atomic E-state index is 5.26. The molecule has 0 fully saturated rings. The molecule has 5 nitrogen and oxygen atoms in total. The molecule has 13 rings (SSSR count). The van der Waals surface area contributed by atoms with Crippen LogP contribution in [-0.2, 0) is 0 Å². The van der Waals surface area contributed by atoms with Crippen molar-refractivity contribution in [1.82, 2.24) is 24.1 Å². The van der Waals surface area contributed by atoms with Crippen molar-refractivity contribution in [1.29, 1.82) is 0 Å². The lowest BCUT2D eigenvalue weighted by molar-refractivity contribution is 1.03. The first-order chi connectivity index (χ1) is 31.2. The van der Waals surface area contributed by atoms with Gasteiger partial charge in [-0.3, -0.25) is 9.13 Å². The van der Waals surface area contributed by atoms with Gasteiger partial charge in [0.15, 0.2) is 17.5 Å². The van der Waals surface area contributed by atoms with Gasteiger partial charge >= 0.3 is 0 Å². The zero-order chi connectivity index (χ0) is 41.4. The Balaban J connectivity index is 0.974. The van der Waals surface area contributed by atoms with Gasteiger partial charge in [-0.05, 0) is 75.5 Å². The third-order valence-corrected chi connectivity index (χ3v) is 13.5. The van der Waals surface area contributed by atoms with Crippen LogP contribution in [0.3, 0.4) is 0 Å². The van der Waals surface area contributed by atoms with E-state index in [4.69, 9.17) is 15.0 Å². The van der Waals surface area contributed by atoms with E-state index in [1.54, 1.807) is 0 Å². The highest BCUT2D eigenvalue weighted by Gasteiger charge is 2.28. The fourth-order valence-corrected chi connectivity index (χ4v) is 10.7. The number of hydrogen-bond acceptors (Lipinski definition) is 4. The molecule has 0 N–H and O–H groups in total. The van der Waals surface area contributed by atoms with Crippen LogP contribution in [0.2, 0.25) is 0 Å². The Labute approximate surface area is 367 Å². The Morgan fingerprint density at radius 2 is 0.968 bits per heavy atom. The van der Waals surface area contributed by atoms with Crippen molar-refractivity contribution >= 4 is 55.4 Å². The van der Waals surface area contributed by atoms with Gasteiger partial charge in [0.25, 0.3) is 0 Å². The lowest BCUT2D eigenvalue weighted by atomic mass is 9.99. The summed E-state index contributed by atoms with van der Waals surface area (Å²) < 4.78 is 4.92. The molecule has 0 atom stereocenters. The molecule has 0 aliphatic carbocycles. The van der Waals surface area contributed by atoms with Crippen molar-refractivity contribution in [3.63, 3.8) is 0 Å². The van der Waals surface area contributed by atoms with E-state index in [9.17, 15) is 0 Å². The first kappa shape index (κ1) is 35.7. The minimum absolute atomic E-state index is 0.625. The molecular formula is C57H35N5S. The number of para-hydroxylation sites is 3. The van der Waals surface area contributed by atoms with E-state index in [0.29, 0.717) is 17.5 Å². The summed E-state index contributed by atoms with van der Waals surface area (Å²) in [7, 11) is 0. The largest absolute Gasteiger partial charge is 0.295 e. The van der Waals surface area contributed by atoms with E-state index in [-0.39, 0.29) is 0 Å². The van der Waals surface area contributed by atoms with E-state index in [1.807, 2.05) is 17.8 Å². The number of fused-ring (bicyclic) bond motifs is 8. The summed E-state index contributed by atoms with van der Waals surface area (Å²) in [5.41, 5.74) is 13.2. The van der Waals surface area contributed by atoms with Crippen LogP contribution in [0.5, 0.6) is 0 Å². The summed E-state index contributed by atoms with van der Waals surface area (Å²) in [4.78, 5) is 18.2. The molecule has 0 unspecified atom stereocenters. The normalized spacial score (nSPS) is 12.1. The highest BCUT2D eigenvalue weighted by molar-refractivity contribution is 7.99. The number of benzene rings is 9. The predicted molar refractivity (Wildman–Crippen MR) is 260 cm³/mol. The van der Waals surface area contributed by atoms with Crippen molar-refractivity contribution in [2.75, 3.05) is 0 Å². The van der Waals surface area contributed by atoms with Gasteiger partial charge < -0.3 is 0 Å². The summed E-state index contributed by atoms with van der Waals surface area (Å²) in [6.07, 6.45) is 0. The summed E-state index contributed by atoms with van der Waals surface area (Å²) in [6.45, 7) is 0. The van der Waals surface area contributed by atoms with Crippen LogP contribution in [0.1, 0.15) is 0 Å². The zero-order valence-corrected chi connectivity index (χ0v) is 34.7. The third-order valence-electron chi connectivity index (χ3n) is 12.4. The first-order valence-electron chi connectivity index (χ1n) is 21.2. The van der Waals surface area contributed by atoms with E-state index >= 15 is 0 Å². The molecule has 12 aromatic rings. The second kappa shape index (κ2) is 14.3. The van der Waals surface area contributed by atoms with Gasteiger partial charge in [0.05, 0.1) is 16.7 Å². The lowest BCUT2D eigenvalue weighted by Gasteiger charge is -2.22. The maximum Gasteiger partial charge on any atom is 0.164 e. The van der Waals surface area contributed by atoms with E-state index in [0.717, 1.165) is 55.4 Å². The summed E-state index contributed by atoms with van der Waals surface area (Å²) >= 11 is 1.85. The molecule has 1 aliphatic rings. The third kappa shape index (κ3) is 5.69. The smallest absolute Gasteiger partial charge is 0.164 e. The van der Waals surface area contributed by atoms with Crippen LogP contribution in [0, 0.1) is 0 Å². The van der Waals surface area contributed by atoms with Crippen LogP contribution in [0.15, 0.2) is 222 Å². The Kier molecular flexibility index (Phi) is 8.08. The van der Waals surface area contributed by atoms with Crippen LogP contribution in [0.25, 0.3) is 111 Å². The number of hydrogen-bond donors (Lipinski definition) is 0. The lowest BCUT2D eigenvalue weighted by Crippen LogP contribution is -2.05. The second-order valence-corrected chi connectivity index (χ2v) is 17.1. The predicted octanol–water partition coefficient (Wildman–Crippen LogP) is 14.9. The standard InChI is InChI=1S/C57H35N5S/c1-3-16-36(17-4-1)42-25-9-10-26-44(42)55-58-54(59-56(60-55)45-28-14-19-37-18-7-8-24-43(37)45)40-21-13-20-38(34-40)39-32-33-49-51(35-39)63-50-31-15-29-47-52-46-27-11-12-30-48(46)61(41-22-5-2-6-23-41)57(52)62(49)53(47)50/h1-35H. The van der Waals surface area contributed by atoms with Crippen LogP contribution >= 0.6 is 11.8 Å². The zero-order valence-electron chi connectivity index (χ0n) is 33.9. The first-order valence-corrected chi connectivity index (χ1v) is 22.0. The molecule has 0 amide bonds. The highest BCUT2D eigenvalue weighted by Crippen LogP contribution is 2.50. The van der Waals surface area contributed by atoms with E-state index < -0.39 is 0 Å². The van der Waals surface area contributed by atoms with Crippen molar-refractivity contribution in [2.24, 2.45) is 0 Å². The molecule has 9 aromatic carbocycles. The quantitative estimate of drug-likeness (QED) is 0.168. The molecule has 0 saturated heterocycles. The summed E-state index contributed by atoms with van der Waals surface area (Å²) in [6, 6.07) is 75.4. The summed E-state index contributed by atoms with van der Waals surface area (Å²) in [5, 5.41) is 6.05. The van der Waals surface area contributed by atoms with Gasteiger partial charge in [0.2, 0.25) is 0 Å². The molecule has 0 saturated carbocycles. The molecule has 294 valence electrons. The fourth-order valence-electron chi connectivity index (χ4n) is 9.55. The van der Waals surface area contributed by atoms with Crippen LogP contribution < -0.4 is 0 Å². The number of nitrogens with zero attached hydrogens (tertiary/aromatic N) is 5. The van der Waals surface area contributed by atoms with Crippen molar-refractivity contribution in [2.45, 2.75) is 9.79 Å². The molecule has 4 heterocycles. The van der Waals surface area contributed by atoms with Gasteiger partial charge in [-0.25, -0.2) is 15.0 Å². The van der Waals surface area contributed by atoms with Crippen LogP contribution in [0.4, 0.5) is 0 Å². The fraction of sp³-hybridized carbons (Fsp3) is 0. The molecule has 0 bridgehead atoms. The number of rotatable bonds is 6. The molecule has 6 heteroatoms. The second-order valence-electron chi connectivity index (χ2n) is 16.0. The molecule has 63 heavy (non-hydrogen) atoms. The van der Waals surface area contributed by atoms with Gasteiger partial charge in [0, 0.05) is 48.3 Å². The number of aromatic nitrogens is 5. The van der Waals surface area contributed by atoms with Gasteiger partial charge in [-0.15, -0.1) is 0 Å². The Morgan fingerprint density at radius 1 is 0.365 bits per heavy atom. The molecular weight excluding hydrogens is 787 g/mol. The Morgan fingerprint density at radius 3 is 1.84 bits per heavy atom. The average Bonchev–Trinajstić information content (AvgIpc) is 3.88. The van der Waals surface area contributed by atoms with Crippen molar-refractivity contribution < 1.29 is 0 Å². The SMILES string of the molecule is c1ccc(-c2ccccc2-c2nc(-c3cccc(-c4ccc5c(c4)Sc4cccc6c7c8ccccc8n(-c8ccccc8)c7n-5c46)c3)nc(-c3cccc4ccccc34)n2)cc1. The summed E-state index contributed by atoms with van der Waals surface area (Å²) in [5.74, 6) is 1.90. The van der Waals surface area contributed by atoms with Gasteiger partial charge in [-0.2, -0.15) is 0 Å². The molecule has 3 aromatic heterocycles. The highest BCUT2D eigenvalue weighted by atomic mass is 32.2. The minimum atomic E-state index is 0.625. The molecule has 1 aliphatic heterocycles. The molecule has 0 spiro atoms. The molecule has 0 radical (unpaired) electrons. The van der Waals surface area contributed by atoms with E-state index in [1.165, 1.54) is 48.3 Å². The average molecular weight is 822 g/mol. The Bertz CT molecular complexity index is 3770. The van der Waals surface area contributed by atoms with Crippen LogP contribution in [-0.4, -0.2) is 24.1 Å². The Hall–Kier alpha value is -8.06. The van der Waals surface area contributed by atoms with Gasteiger partial charge in [-0.1, -0.05) is 182 Å². The van der Waals surface area contributed by atoms with Crippen molar-refractivity contribution in [3.05, 3.63) is 212 Å². The van der Waals surface area contributed by atoms with Gasteiger partial charge in [0.1, 0.15) is 5.65 Å². The maximum absolute atomic E-state index is 5.26. The monoisotopic (exact) mass is 821 g/mol. The minimum Gasteiger partial charge on any atom is -0.295 e. The van der Waals surface area contributed by atoms with E-state index in [2.05, 4.69) is 215 Å². The van der Waals surface area contributed by atoms with Crippen molar-refractivity contribution in [3.8, 4) is 67.8 Å².